The van der Waals surface area contributed by atoms with Gasteiger partial charge in [-0.25, -0.2) is 18.1 Å². The molecule has 0 radical (unpaired) electrons. The van der Waals surface area contributed by atoms with Crippen LogP contribution in [0.25, 0.3) is 11.0 Å². The van der Waals surface area contributed by atoms with Crippen molar-refractivity contribution in [2.75, 3.05) is 22.1 Å². The molecule has 2 aliphatic heterocycles. The number of hydrogen-bond donors (Lipinski definition) is 2. The summed E-state index contributed by atoms with van der Waals surface area (Å²) in [4.78, 5) is 30.3. The van der Waals surface area contributed by atoms with Gasteiger partial charge in [-0.2, -0.15) is 5.10 Å². The molecule has 6 rings (SSSR count). The number of aryl methyl sites for hydroxylation is 1. The van der Waals surface area contributed by atoms with Gasteiger partial charge in [-0.15, -0.1) is 0 Å². The van der Waals surface area contributed by atoms with Gasteiger partial charge in [0.05, 0.1) is 39.9 Å². The summed E-state index contributed by atoms with van der Waals surface area (Å²) in [5.74, 6) is 0.425. The molecule has 2 aromatic heterocycles. The SMILES string of the molecule is Cc1nn([C@@H]2CCS(=O)(=O)C2)c2nc(C3CC3)cc(C(=O)Nc3ccc4c(c3)NC(=O)[C@H](C)O4)c12. The zero-order chi connectivity index (χ0) is 24.5. The van der Waals surface area contributed by atoms with Crippen LogP contribution in [0.3, 0.4) is 0 Å². The molecule has 2 atom stereocenters. The highest BCUT2D eigenvalue weighted by molar-refractivity contribution is 7.91. The normalized spacial score (nSPS) is 23.0. The van der Waals surface area contributed by atoms with E-state index in [4.69, 9.17) is 9.72 Å². The van der Waals surface area contributed by atoms with Crippen molar-refractivity contribution in [3.05, 3.63) is 41.2 Å². The van der Waals surface area contributed by atoms with Gasteiger partial charge in [-0.05, 0) is 57.4 Å². The Morgan fingerprint density at radius 2 is 2.03 bits per heavy atom. The van der Waals surface area contributed by atoms with E-state index in [-0.39, 0.29) is 29.4 Å². The van der Waals surface area contributed by atoms with Crippen LogP contribution in [-0.4, -0.2) is 52.6 Å². The summed E-state index contributed by atoms with van der Waals surface area (Å²) < 4.78 is 31.5. The molecule has 2 N–H and O–H groups in total. The maximum absolute atomic E-state index is 13.5. The van der Waals surface area contributed by atoms with Crippen LogP contribution in [0, 0.1) is 6.92 Å². The number of nitrogens with zero attached hydrogens (tertiary/aromatic N) is 3. The van der Waals surface area contributed by atoms with Crippen LogP contribution in [0.1, 0.15) is 59.9 Å². The van der Waals surface area contributed by atoms with Crippen LogP contribution in [0.2, 0.25) is 0 Å². The van der Waals surface area contributed by atoms with Crippen LogP contribution in [0.15, 0.2) is 24.3 Å². The van der Waals surface area contributed by atoms with Gasteiger partial charge in [0, 0.05) is 17.3 Å². The molecule has 11 heteroatoms. The predicted octanol–water partition coefficient (Wildman–Crippen LogP) is 2.95. The first kappa shape index (κ1) is 22.0. The Bertz CT molecular complexity index is 1510. The molecule has 1 saturated heterocycles. The van der Waals surface area contributed by atoms with Gasteiger partial charge in [0.1, 0.15) is 5.75 Å². The lowest BCUT2D eigenvalue weighted by molar-refractivity contribution is -0.122. The minimum atomic E-state index is -3.11. The summed E-state index contributed by atoms with van der Waals surface area (Å²) in [7, 11) is -3.11. The van der Waals surface area contributed by atoms with Gasteiger partial charge in [-0.3, -0.25) is 9.59 Å². The Kier molecular flexibility index (Phi) is 4.89. The summed E-state index contributed by atoms with van der Waals surface area (Å²) >= 11 is 0. The van der Waals surface area contributed by atoms with E-state index in [1.54, 1.807) is 29.8 Å². The van der Waals surface area contributed by atoms with E-state index in [1.165, 1.54) is 0 Å². The van der Waals surface area contributed by atoms with Crippen LogP contribution < -0.4 is 15.4 Å². The van der Waals surface area contributed by atoms with Crippen molar-refractivity contribution in [1.82, 2.24) is 14.8 Å². The van der Waals surface area contributed by atoms with Gasteiger partial charge < -0.3 is 15.4 Å². The van der Waals surface area contributed by atoms with Crippen molar-refractivity contribution < 1.29 is 22.7 Å². The number of sulfone groups is 1. The highest BCUT2D eigenvalue weighted by Crippen LogP contribution is 2.41. The average Bonchev–Trinajstić information content (AvgIpc) is 3.52. The van der Waals surface area contributed by atoms with Gasteiger partial charge in [0.2, 0.25) is 0 Å². The van der Waals surface area contributed by atoms with E-state index in [2.05, 4.69) is 15.7 Å². The first-order valence-corrected chi connectivity index (χ1v) is 13.5. The number of pyridine rings is 1. The molecule has 1 aromatic carbocycles. The van der Waals surface area contributed by atoms with Gasteiger partial charge in [-0.1, -0.05) is 0 Å². The predicted molar refractivity (Wildman–Crippen MR) is 130 cm³/mol. The Hall–Kier alpha value is -3.47. The van der Waals surface area contributed by atoms with Crippen LogP contribution >= 0.6 is 0 Å². The summed E-state index contributed by atoms with van der Waals surface area (Å²) in [6.07, 6.45) is 1.92. The maximum atomic E-state index is 13.5. The zero-order valence-electron chi connectivity index (χ0n) is 19.4. The molecule has 4 heterocycles. The molecule has 182 valence electrons. The zero-order valence-corrected chi connectivity index (χ0v) is 20.2. The Morgan fingerprint density at radius 3 is 2.74 bits per heavy atom. The third-order valence-corrected chi connectivity index (χ3v) is 8.57. The van der Waals surface area contributed by atoms with Gasteiger partial charge in [0.25, 0.3) is 11.8 Å². The number of aromatic nitrogens is 3. The second-order valence-corrected chi connectivity index (χ2v) is 11.8. The molecule has 10 nitrogen and oxygen atoms in total. The molecule has 0 unspecified atom stereocenters. The summed E-state index contributed by atoms with van der Waals surface area (Å²) in [5, 5.41) is 11.0. The fraction of sp³-hybridized carbons (Fsp3) is 0.417. The number of carbonyl (C=O) groups is 2. The first-order valence-electron chi connectivity index (χ1n) is 11.7. The Balaban J connectivity index is 1.38. The van der Waals surface area contributed by atoms with E-state index in [1.807, 2.05) is 13.0 Å². The fourth-order valence-electron chi connectivity index (χ4n) is 4.81. The topological polar surface area (TPSA) is 132 Å². The molecular weight excluding hydrogens is 470 g/mol. The van der Waals surface area contributed by atoms with Gasteiger partial charge in [0.15, 0.2) is 21.6 Å². The standard InChI is InChI=1S/C24H25N5O5S/c1-12-21-17(24(31)25-15-5-6-20-19(9-15)27-23(30)13(2)34-20)10-18(14-3-4-14)26-22(21)29(28-12)16-7-8-35(32,33)11-16/h5-6,9-10,13-14,16H,3-4,7-8,11H2,1-2H3,(H,25,31)(H,27,30)/t13-,16+/m0/s1. The highest BCUT2D eigenvalue weighted by atomic mass is 32.2. The number of carbonyl (C=O) groups excluding carboxylic acids is 2. The first-order chi connectivity index (χ1) is 16.7. The maximum Gasteiger partial charge on any atom is 0.265 e. The van der Waals surface area contributed by atoms with Crippen molar-refractivity contribution in [2.24, 2.45) is 0 Å². The third-order valence-electron chi connectivity index (χ3n) is 6.82. The molecule has 1 aliphatic carbocycles. The largest absolute Gasteiger partial charge is 0.479 e. The molecule has 3 aromatic rings. The molecule has 3 aliphatic rings. The molecule has 1 saturated carbocycles. The minimum Gasteiger partial charge on any atom is -0.479 e. The molecule has 0 bridgehead atoms. The molecule has 35 heavy (non-hydrogen) atoms. The smallest absolute Gasteiger partial charge is 0.265 e. The molecular formula is C24H25N5O5S. The third kappa shape index (κ3) is 3.93. The number of fused-ring (bicyclic) bond motifs is 2. The van der Waals surface area contributed by atoms with Crippen molar-refractivity contribution in [1.29, 1.82) is 0 Å². The fourth-order valence-corrected chi connectivity index (χ4v) is 6.50. The Labute approximate surface area is 202 Å². The monoisotopic (exact) mass is 495 g/mol. The van der Waals surface area contributed by atoms with Crippen LogP contribution in [-0.2, 0) is 14.6 Å². The van der Waals surface area contributed by atoms with Crippen LogP contribution in [0.5, 0.6) is 5.75 Å². The van der Waals surface area contributed by atoms with E-state index in [9.17, 15) is 18.0 Å². The summed E-state index contributed by atoms with van der Waals surface area (Å²) in [5.41, 5.74) is 3.47. The van der Waals surface area contributed by atoms with Crippen LogP contribution in [0.4, 0.5) is 11.4 Å². The van der Waals surface area contributed by atoms with Gasteiger partial charge >= 0.3 is 0 Å². The second-order valence-electron chi connectivity index (χ2n) is 9.57. The lowest BCUT2D eigenvalue weighted by Gasteiger charge is -2.23. The van der Waals surface area contributed by atoms with E-state index in [0.29, 0.717) is 51.8 Å². The minimum absolute atomic E-state index is 0.0294. The van der Waals surface area contributed by atoms with Crippen molar-refractivity contribution in [3.63, 3.8) is 0 Å². The lowest BCUT2D eigenvalue weighted by atomic mass is 10.1. The molecule has 0 spiro atoms. The number of anilines is 2. The van der Waals surface area contributed by atoms with Crippen molar-refractivity contribution in [3.8, 4) is 5.75 Å². The quantitative estimate of drug-likeness (QED) is 0.569. The van der Waals surface area contributed by atoms with E-state index < -0.39 is 15.9 Å². The molecule has 2 amide bonds. The number of amides is 2. The van der Waals surface area contributed by atoms with Crippen molar-refractivity contribution >= 4 is 44.1 Å². The van der Waals surface area contributed by atoms with E-state index >= 15 is 0 Å². The average molecular weight is 496 g/mol. The summed E-state index contributed by atoms with van der Waals surface area (Å²) in [6.45, 7) is 3.48. The highest BCUT2D eigenvalue weighted by Gasteiger charge is 2.34. The molecule has 2 fully saturated rings. The van der Waals surface area contributed by atoms with E-state index in [0.717, 1.165) is 18.5 Å². The number of ether oxygens (including phenoxy) is 1. The number of nitrogens with one attached hydrogen (secondary N) is 2. The lowest BCUT2D eigenvalue weighted by Crippen LogP contribution is -2.34. The number of rotatable bonds is 4. The summed E-state index contributed by atoms with van der Waals surface area (Å²) in [6, 6.07) is 6.63. The number of benzene rings is 1. The Morgan fingerprint density at radius 1 is 1.23 bits per heavy atom. The van der Waals surface area contributed by atoms with Crippen molar-refractivity contribution in [2.45, 2.75) is 51.2 Å². The number of hydrogen-bond acceptors (Lipinski definition) is 7. The second kappa shape index (κ2) is 7.77.